The molecule has 0 radical (unpaired) electrons. The van der Waals surface area contributed by atoms with Crippen molar-refractivity contribution in [3.8, 4) is 0 Å². The van der Waals surface area contributed by atoms with Gasteiger partial charge >= 0.3 is 35.3 Å². The minimum atomic E-state index is -0.472. The second-order valence-corrected chi connectivity index (χ2v) is 4.67. The molecule has 0 spiro atoms. The van der Waals surface area contributed by atoms with E-state index in [9.17, 15) is 0 Å². The van der Waals surface area contributed by atoms with Crippen LogP contribution in [0.3, 0.4) is 0 Å². The predicted molar refractivity (Wildman–Crippen MR) is 37.9 cm³/mol. The van der Waals surface area contributed by atoms with E-state index in [1.165, 1.54) is 0 Å². The van der Waals surface area contributed by atoms with Crippen LogP contribution in [0.25, 0.3) is 10.6 Å². The van der Waals surface area contributed by atoms with Crippen molar-refractivity contribution in [2.75, 3.05) is 26.2 Å². The van der Waals surface area contributed by atoms with E-state index >= 15 is 0 Å². The monoisotopic (exact) mass is 349 g/mol. The first kappa shape index (κ1) is 10.2. The van der Waals surface area contributed by atoms with Crippen LogP contribution in [0.15, 0.2) is 0 Å². The van der Waals surface area contributed by atoms with Gasteiger partial charge in [-0.05, 0) is 0 Å². The molecule has 9 heavy (non-hydrogen) atoms. The Hall–Kier alpha value is 1.19. The standard InChI is InChI=1S/C4H8N2.2ClH.Pt/c1-2-6-4-3-5-1;;;/h1-4H2;2*1H;/q-2;;;+4/p-2. The zero-order chi connectivity index (χ0) is 6.95. The van der Waals surface area contributed by atoms with Gasteiger partial charge in [-0.15, -0.1) is 0 Å². The fourth-order valence-electron chi connectivity index (χ4n) is 0.506. The summed E-state index contributed by atoms with van der Waals surface area (Å²) < 4.78 is 0. The number of rotatable bonds is 0. The summed E-state index contributed by atoms with van der Waals surface area (Å²) in [4.78, 5) is 0. The van der Waals surface area contributed by atoms with Crippen molar-refractivity contribution < 1.29 is 16.5 Å². The van der Waals surface area contributed by atoms with Crippen LogP contribution in [-0.2, 0) is 16.5 Å². The second kappa shape index (κ2) is 9.19. The van der Waals surface area contributed by atoms with Gasteiger partial charge < -0.3 is 10.6 Å². The molecule has 0 atom stereocenters. The first-order chi connectivity index (χ1) is 4.41. The first-order valence-electron chi connectivity index (χ1n) is 2.50. The molecule has 1 aliphatic heterocycles. The molecule has 0 aliphatic carbocycles. The zero-order valence-electron chi connectivity index (χ0n) is 4.80. The Balaban J connectivity index is 0.000000187. The molecule has 0 saturated carbocycles. The molecule has 0 aromatic heterocycles. The third-order valence-electron chi connectivity index (χ3n) is 0.832. The van der Waals surface area contributed by atoms with E-state index in [0.717, 1.165) is 26.2 Å². The molecule has 0 amide bonds. The molecule has 1 heterocycles. The summed E-state index contributed by atoms with van der Waals surface area (Å²) in [5.74, 6) is 0. The Morgan fingerprint density at radius 3 is 1.22 bits per heavy atom. The van der Waals surface area contributed by atoms with Crippen molar-refractivity contribution in [2.24, 2.45) is 0 Å². The maximum atomic E-state index is 4.88. The van der Waals surface area contributed by atoms with Gasteiger partial charge in [0.25, 0.3) is 0 Å². The molecule has 2 nitrogen and oxygen atoms in total. The van der Waals surface area contributed by atoms with Crippen LogP contribution in [0.2, 0.25) is 0 Å². The summed E-state index contributed by atoms with van der Waals surface area (Å²) in [7, 11) is 9.75. The van der Waals surface area contributed by atoms with Gasteiger partial charge in [0, 0.05) is 0 Å². The van der Waals surface area contributed by atoms with Crippen molar-refractivity contribution in [2.45, 2.75) is 0 Å². The van der Waals surface area contributed by atoms with Gasteiger partial charge in [0.2, 0.25) is 0 Å². The summed E-state index contributed by atoms with van der Waals surface area (Å²) in [6.45, 7) is 3.83. The average Bonchev–Trinajstić information content (AvgIpc) is 1.93. The van der Waals surface area contributed by atoms with E-state index in [1.807, 2.05) is 0 Å². The summed E-state index contributed by atoms with van der Waals surface area (Å²) in [5.41, 5.74) is 0. The molecule has 1 saturated heterocycles. The number of piperazine rings is 1. The Morgan fingerprint density at radius 1 is 0.889 bits per heavy atom. The molecular formula is C4H8Cl2N2Pt. The number of halogens is 2. The van der Waals surface area contributed by atoms with Crippen molar-refractivity contribution in [3.63, 3.8) is 0 Å². The average molecular weight is 350 g/mol. The number of hydrogen-bond acceptors (Lipinski definition) is 0. The minimum absolute atomic E-state index is 0.472. The predicted octanol–water partition coefficient (Wildman–Crippen LogP) is 2.12. The van der Waals surface area contributed by atoms with Gasteiger partial charge in [-0.2, -0.15) is 26.2 Å². The molecule has 1 rings (SSSR count). The molecule has 5 heteroatoms. The van der Waals surface area contributed by atoms with Crippen molar-refractivity contribution in [1.29, 1.82) is 0 Å². The van der Waals surface area contributed by atoms with E-state index in [2.05, 4.69) is 10.6 Å². The van der Waals surface area contributed by atoms with Crippen LogP contribution in [0.1, 0.15) is 0 Å². The topological polar surface area (TPSA) is 28.2 Å². The van der Waals surface area contributed by atoms with Crippen molar-refractivity contribution >= 4 is 18.8 Å². The van der Waals surface area contributed by atoms with Gasteiger partial charge in [0.15, 0.2) is 0 Å². The normalized spacial score (nSPS) is 18.4. The summed E-state index contributed by atoms with van der Waals surface area (Å²) >= 11 is -0.472. The molecule has 1 fully saturated rings. The summed E-state index contributed by atoms with van der Waals surface area (Å²) in [5, 5.41) is 8.17. The molecule has 1 aliphatic rings. The van der Waals surface area contributed by atoms with E-state index < -0.39 is 16.5 Å². The fraction of sp³-hybridized carbons (Fsp3) is 1.00. The van der Waals surface area contributed by atoms with E-state index in [4.69, 9.17) is 18.8 Å². The van der Waals surface area contributed by atoms with E-state index in [-0.39, 0.29) is 0 Å². The Bertz CT molecular complexity index is 40.3. The van der Waals surface area contributed by atoms with Crippen LogP contribution in [0, 0.1) is 0 Å². The number of hydrogen-bond donors (Lipinski definition) is 0. The van der Waals surface area contributed by atoms with Gasteiger partial charge in [-0.3, -0.25) is 0 Å². The fourth-order valence-corrected chi connectivity index (χ4v) is 0.506. The SMILES string of the molecule is C1C[N-]CC[N-]1.[Cl][Pt+2][Cl]. The summed E-state index contributed by atoms with van der Waals surface area (Å²) in [6, 6.07) is 0. The second-order valence-electron chi connectivity index (χ2n) is 1.39. The molecule has 0 aromatic rings. The molecular weight excluding hydrogens is 342 g/mol. The Labute approximate surface area is 72.1 Å². The number of nitrogens with zero attached hydrogens (tertiary/aromatic N) is 2. The van der Waals surface area contributed by atoms with Gasteiger partial charge in [0.05, 0.1) is 0 Å². The molecule has 58 valence electrons. The van der Waals surface area contributed by atoms with E-state index in [1.54, 1.807) is 0 Å². The maximum absolute atomic E-state index is 4.88. The molecule has 0 bridgehead atoms. The van der Waals surface area contributed by atoms with E-state index in [0.29, 0.717) is 0 Å². The molecule has 0 unspecified atom stereocenters. The van der Waals surface area contributed by atoms with Gasteiger partial charge in [-0.25, -0.2) is 0 Å². The van der Waals surface area contributed by atoms with Crippen LogP contribution in [0.5, 0.6) is 0 Å². The molecule has 0 aromatic carbocycles. The van der Waals surface area contributed by atoms with Crippen LogP contribution in [-0.4, -0.2) is 26.2 Å². The first-order valence-corrected chi connectivity index (χ1v) is 8.13. The van der Waals surface area contributed by atoms with Crippen molar-refractivity contribution in [1.82, 2.24) is 0 Å². The third-order valence-corrected chi connectivity index (χ3v) is 0.832. The Kier molecular flexibility index (Phi) is 10.4. The van der Waals surface area contributed by atoms with Crippen molar-refractivity contribution in [3.05, 3.63) is 10.6 Å². The Morgan fingerprint density at radius 2 is 1.11 bits per heavy atom. The summed E-state index contributed by atoms with van der Waals surface area (Å²) in [6.07, 6.45) is 0. The van der Waals surface area contributed by atoms with Crippen LogP contribution in [0.4, 0.5) is 0 Å². The third kappa shape index (κ3) is 9.19. The van der Waals surface area contributed by atoms with Crippen LogP contribution < -0.4 is 0 Å². The van der Waals surface area contributed by atoms with Gasteiger partial charge in [-0.1, -0.05) is 0 Å². The van der Waals surface area contributed by atoms with Crippen LogP contribution >= 0.6 is 18.8 Å². The zero-order valence-corrected chi connectivity index (χ0v) is 8.58. The molecule has 0 N–H and O–H groups in total. The quantitative estimate of drug-likeness (QED) is 0.641. The van der Waals surface area contributed by atoms with Gasteiger partial charge in [0.1, 0.15) is 0 Å².